The van der Waals surface area contributed by atoms with Gasteiger partial charge in [-0.15, -0.1) is 0 Å². The van der Waals surface area contributed by atoms with Gasteiger partial charge in [0.05, 0.1) is 0 Å². The number of rotatable bonds is 7. The summed E-state index contributed by atoms with van der Waals surface area (Å²) in [5, 5.41) is 8.96. The molecule has 0 amide bonds. The summed E-state index contributed by atoms with van der Waals surface area (Å²) >= 11 is 0. The highest BCUT2D eigenvalue weighted by Crippen LogP contribution is 2.14. The molecule has 0 saturated heterocycles. The van der Waals surface area contributed by atoms with Crippen LogP contribution in [0, 0.1) is 5.92 Å². The maximum Gasteiger partial charge on any atom is 0.0459 e. The van der Waals surface area contributed by atoms with Crippen molar-refractivity contribution in [3.05, 3.63) is 0 Å². The summed E-state index contributed by atoms with van der Waals surface area (Å²) in [6, 6.07) is 0. The molecule has 1 atom stereocenters. The van der Waals surface area contributed by atoms with Crippen LogP contribution in [0.15, 0.2) is 0 Å². The van der Waals surface area contributed by atoms with Crippen molar-refractivity contribution < 1.29 is 5.11 Å². The van der Waals surface area contributed by atoms with Crippen LogP contribution in [0.5, 0.6) is 0 Å². The first kappa shape index (κ1) is 11.0. The molecule has 1 heteroatoms. The normalized spacial score (nSPS) is 13.4. The minimum absolute atomic E-state index is 0.386. The van der Waals surface area contributed by atoms with Gasteiger partial charge >= 0.3 is 0 Å². The molecule has 11 heavy (non-hydrogen) atoms. The fourth-order valence-corrected chi connectivity index (χ4v) is 1.42. The van der Waals surface area contributed by atoms with Crippen LogP contribution in [-0.2, 0) is 0 Å². The quantitative estimate of drug-likeness (QED) is 0.565. The second-order valence-corrected chi connectivity index (χ2v) is 3.33. The highest BCUT2D eigenvalue weighted by atomic mass is 16.3. The summed E-state index contributed by atoms with van der Waals surface area (Å²) in [4.78, 5) is 0. The molecule has 0 aliphatic heterocycles. The van der Waals surface area contributed by atoms with Crippen LogP contribution in [0.2, 0.25) is 0 Å². The summed E-state index contributed by atoms with van der Waals surface area (Å²) in [7, 11) is 0. The molecule has 0 rings (SSSR count). The van der Waals surface area contributed by atoms with Crippen LogP contribution in [0.3, 0.4) is 0 Å². The van der Waals surface area contributed by atoms with Gasteiger partial charge in [0.25, 0.3) is 0 Å². The van der Waals surface area contributed by atoms with Gasteiger partial charge in [0, 0.05) is 6.61 Å². The standard InChI is InChI=1S/C10H22O/c1-3-5-6-8-10(9-11)7-4-2/h10-11H,3-9H2,1-2H3. The SMILES string of the molecule is CCCCCC(CO)CCC. The van der Waals surface area contributed by atoms with E-state index in [1.54, 1.807) is 0 Å². The zero-order valence-electron chi connectivity index (χ0n) is 7.97. The number of aliphatic hydroxyl groups is 1. The molecule has 0 spiro atoms. The van der Waals surface area contributed by atoms with E-state index in [0.717, 1.165) is 0 Å². The van der Waals surface area contributed by atoms with Crippen molar-refractivity contribution in [2.75, 3.05) is 6.61 Å². The maximum absolute atomic E-state index is 8.96. The van der Waals surface area contributed by atoms with Crippen LogP contribution in [0.1, 0.15) is 52.4 Å². The van der Waals surface area contributed by atoms with Gasteiger partial charge in [0.15, 0.2) is 0 Å². The third-order valence-corrected chi connectivity index (χ3v) is 2.17. The van der Waals surface area contributed by atoms with Crippen LogP contribution >= 0.6 is 0 Å². The van der Waals surface area contributed by atoms with Crippen molar-refractivity contribution in [1.82, 2.24) is 0 Å². The topological polar surface area (TPSA) is 20.2 Å². The summed E-state index contributed by atoms with van der Waals surface area (Å²) in [5.74, 6) is 0.576. The van der Waals surface area contributed by atoms with E-state index in [4.69, 9.17) is 5.11 Å². The Morgan fingerprint density at radius 2 is 1.73 bits per heavy atom. The Balaban J connectivity index is 3.20. The molecule has 0 aliphatic rings. The number of hydrogen-bond donors (Lipinski definition) is 1. The predicted molar refractivity (Wildman–Crippen MR) is 49.6 cm³/mol. The van der Waals surface area contributed by atoms with E-state index >= 15 is 0 Å². The highest BCUT2D eigenvalue weighted by molar-refractivity contribution is 4.56. The number of aliphatic hydroxyl groups excluding tert-OH is 1. The van der Waals surface area contributed by atoms with Gasteiger partial charge < -0.3 is 5.11 Å². The van der Waals surface area contributed by atoms with Gasteiger partial charge in [-0.2, -0.15) is 0 Å². The second kappa shape index (κ2) is 8.06. The van der Waals surface area contributed by atoms with Crippen LogP contribution in [0.4, 0.5) is 0 Å². The molecule has 0 aliphatic carbocycles. The summed E-state index contributed by atoms with van der Waals surface area (Å²) in [6.45, 7) is 4.79. The van der Waals surface area contributed by atoms with E-state index in [9.17, 15) is 0 Å². The maximum atomic E-state index is 8.96. The molecule has 1 unspecified atom stereocenters. The van der Waals surface area contributed by atoms with Crippen molar-refractivity contribution >= 4 is 0 Å². The minimum Gasteiger partial charge on any atom is -0.396 e. The Labute approximate surface area is 70.8 Å². The molecular formula is C10H22O. The Morgan fingerprint density at radius 3 is 2.18 bits per heavy atom. The molecule has 1 nitrogen and oxygen atoms in total. The first-order valence-corrected chi connectivity index (χ1v) is 4.96. The lowest BCUT2D eigenvalue weighted by Crippen LogP contribution is -2.05. The lowest BCUT2D eigenvalue weighted by atomic mass is 9.98. The first-order chi connectivity index (χ1) is 5.35. The molecule has 0 radical (unpaired) electrons. The predicted octanol–water partition coefficient (Wildman–Crippen LogP) is 2.98. The van der Waals surface area contributed by atoms with Crippen LogP contribution in [-0.4, -0.2) is 11.7 Å². The van der Waals surface area contributed by atoms with E-state index in [2.05, 4.69) is 13.8 Å². The van der Waals surface area contributed by atoms with E-state index in [1.165, 1.54) is 38.5 Å². The Hall–Kier alpha value is -0.0400. The lowest BCUT2D eigenvalue weighted by Gasteiger charge is -2.11. The molecule has 0 bridgehead atoms. The molecule has 0 aromatic heterocycles. The van der Waals surface area contributed by atoms with Gasteiger partial charge in [-0.1, -0.05) is 39.5 Å². The van der Waals surface area contributed by atoms with Crippen molar-refractivity contribution in [1.29, 1.82) is 0 Å². The largest absolute Gasteiger partial charge is 0.396 e. The van der Waals surface area contributed by atoms with Crippen molar-refractivity contribution in [3.63, 3.8) is 0 Å². The van der Waals surface area contributed by atoms with E-state index in [1.807, 2.05) is 0 Å². The van der Waals surface area contributed by atoms with Gasteiger partial charge in [-0.25, -0.2) is 0 Å². The fourth-order valence-electron chi connectivity index (χ4n) is 1.42. The van der Waals surface area contributed by atoms with Crippen molar-refractivity contribution in [2.24, 2.45) is 5.92 Å². The van der Waals surface area contributed by atoms with Gasteiger partial charge in [0.1, 0.15) is 0 Å². The van der Waals surface area contributed by atoms with Crippen LogP contribution in [0.25, 0.3) is 0 Å². The zero-order chi connectivity index (χ0) is 8.53. The Morgan fingerprint density at radius 1 is 1.00 bits per heavy atom. The molecule has 1 N–H and O–H groups in total. The Bertz CT molecular complexity index is 71.3. The number of unbranched alkanes of at least 4 members (excludes halogenated alkanes) is 2. The van der Waals surface area contributed by atoms with Gasteiger partial charge in [0.2, 0.25) is 0 Å². The van der Waals surface area contributed by atoms with Crippen molar-refractivity contribution in [2.45, 2.75) is 52.4 Å². The number of hydrogen-bond acceptors (Lipinski definition) is 1. The Kier molecular flexibility index (Phi) is 8.03. The van der Waals surface area contributed by atoms with Gasteiger partial charge in [-0.05, 0) is 18.8 Å². The average molecular weight is 158 g/mol. The average Bonchev–Trinajstić information content (AvgIpc) is 2.03. The monoisotopic (exact) mass is 158 g/mol. The molecular weight excluding hydrogens is 136 g/mol. The molecule has 68 valence electrons. The van der Waals surface area contributed by atoms with E-state index in [0.29, 0.717) is 12.5 Å². The molecule has 0 aromatic carbocycles. The molecule has 0 fully saturated rings. The lowest BCUT2D eigenvalue weighted by molar-refractivity contribution is 0.207. The summed E-state index contributed by atoms with van der Waals surface area (Å²) in [5.41, 5.74) is 0. The minimum atomic E-state index is 0.386. The molecule has 0 saturated carbocycles. The summed E-state index contributed by atoms with van der Waals surface area (Å²) < 4.78 is 0. The third kappa shape index (κ3) is 6.36. The molecule has 0 aromatic rings. The fraction of sp³-hybridized carbons (Fsp3) is 1.00. The third-order valence-electron chi connectivity index (χ3n) is 2.17. The summed E-state index contributed by atoms with van der Waals surface area (Å²) in [6.07, 6.45) is 7.52. The van der Waals surface area contributed by atoms with Crippen LogP contribution < -0.4 is 0 Å². The first-order valence-electron chi connectivity index (χ1n) is 4.96. The van der Waals surface area contributed by atoms with E-state index < -0.39 is 0 Å². The smallest absolute Gasteiger partial charge is 0.0459 e. The second-order valence-electron chi connectivity index (χ2n) is 3.33. The van der Waals surface area contributed by atoms with Crippen molar-refractivity contribution in [3.8, 4) is 0 Å². The zero-order valence-corrected chi connectivity index (χ0v) is 7.97. The molecule has 0 heterocycles. The van der Waals surface area contributed by atoms with Gasteiger partial charge in [-0.3, -0.25) is 0 Å². The highest BCUT2D eigenvalue weighted by Gasteiger charge is 2.04. The van der Waals surface area contributed by atoms with E-state index in [-0.39, 0.29) is 0 Å².